The summed E-state index contributed by atoms with van der Waals surface area (Å²) in [6.07, 6.45) is 1.84. The van der Waals surface area contributed by atoms with Gasteiger partial charge in [0, 0.05) is 25.3 Å². The number of carbonyl (C=O) groups is 2. The normalized spacial score (nSPS) is 20.8. The predicted octanol–water partition coefficient (Wildman–Crippen LogP) is 1.25. The Labute approximate surface area is 147 Å². The quantitative estimate of drug-likeness (QED) is 0.798. The first-order valence-corrected chi connectivity index (χ1v) is 8.75. The van der Waals surface area contributed by atoms with E-state index in [1.807, 2.05) is 6.07 Å². The third-order valence-electron chi connectivity index (χ3n) is 4.71. The first-order chi connectivity index (χ1) is 12.2. The highest BCUT2D eigenvalue weighted by Crippen LogP contribution is 2.26. The second-order valence-corrected chi connectivity index (χ2v) is 6.35. The van der Waals surface area contributed by atoms with Crippen molar-refractivity contribution in [3.63, 3.8) is 0 Å². The number of methoxy groups -OCH3 is 1. The van der Waals surface area contributed by atoms with Crippen LogP contribution in [0.5, 0.6) is 0 Å². The van der Waals surface area contributed by atoms with Crippen molar-refractivity contribution >= 4 is 23.3 Å². The molecule has 1 atom stereocenters. The molecule has 25 heavy (non-hydrogen) atoms. The second kappa shape index (κ2) is 8.31. The van der Waals surface area contributed by atoms with Crippen LogP contribution in [0.2, 0.25) is 0 Å². The van der Waals surface area contributed by atoms with Crippen molar-refractivity contribution in [2.75, 3.05) is 56.7 Å². The van der Waals surface area contributed by atoms with Gasteiger partial charge in [0.25, 0.3) is 0 Å². The van der Waals surface area contributed by atoms with Gasteiger partial charge in [0.05, 0.1) is 37.5 Å². The largest absolute Gasteiger partial charge is 0.465 e. The van der Waals surface area contributed by atoms with Crippen molar-refractivity contribution in [2.24, 2.45) is 5.92 Å². The fourth-order valence-electron chi connectivity index (χ4n) is 3.25. The number of esters is 1. The van der Waals surface area contributed by atoms with E-state index < -0.39 is 5.97 Å². The topological polar surface area (TPSA) is 79.9 Å². The number of hydrogen-bond acceptors (Lipinski definition) is 6. The zero-order valence-corrected chi connectivity index (χ0v) is 14.5. The zero-order chi connectivity index (χ0) is 17.6. The third kappa shape index (κ3) is 4.29. The molecule has 2 aliphatic rings. The number of nitrogens with zero attached hydrogens (tertiary/aromatic N) is 1. The highest BCUT2D eigenvalue weighted by atomic mass is 16.5. The molecule has 3 rings (SSSR count). The van der Waals surface area contributed by atoms with Gasteiger partial charge in [0.2, 0.25) is 5.91 Å². The van der Waals surface area contributed by atoms with Crippen molar-refractivity contribution in [3.8, 4) is 0 Å². The Kier molecular flexibility index (Phi) is 5.88. The van der Waals surface area contributed by atoms with Crippen molar-refractivity contribution in [1.82, 2.24) is 5.32 Å². The minimum atomic E-state index is -0.452. The maximum Gasteiger partial charge on any atom is 0.340 e. The van der Waals surface area contributed by atoms with Crippen LogP contribution >= 0.6 is 0 Å². The predicted molar refractivity (Wildman–Crippen MR) is 95.0 cm³/mol. The lowest BCUT2D eigenvalue weighted by molar-refractivity contribution is -0.120. The molecule has 0 saturated carbocycles. The van der Waals surface area contributed by atoms with Gasteiger partial charge in [-0.2, -0.15) is 0 Å². The van der Waals surface area contributed by atoms with Gasteiger partial charge in [-0.25, -0.2) is 4.79 Å². The molecular weight excluding hydrogens is 322 g/mol. The van der Waals surface area contributed by atoms with E-state index in [1.165, 1.54) is 7.11 Å². The Bertz CT molecular complexity index is 623. The fourth-order valence-corrected chi connectivity index (χ4v) is 3.25. The van der Waals surface area contributed by atoms with E-state index in [0.29, 0.717) is 31.0 Å². The maximum atomic E-state index is 12.5. The zero-order valence-electron chi connectivity index (χ0n) is 14.5. The van der Waals surface area contributed by atoms with Gasteiger partial charge in [-0.1, -0.05) is 0 Å². The molecule has 1 aromatic rings. The van der Waals surface area contributed by atoms with E-state index in [2.05, 4.69) is 15.5 Å². The molecule has 1 unspecified atom stereocenters. The van der Waals surface area contributed by atoms with Crippen LogP contribution in [-0.4, -0.2) is 58.4 Å². The summed E-state index contributed by atoms with van der Waals surface area (Å²) in [5, 5.41) is 6.13. The van der Waals surface area contributed by atoms with Crippen molar-refractivity contribution in [3.05, 3.63) is 23.8 Å². The van der Waals surface area contributed by atoms with Crippen LogP contribution in [-0.2, 0) is 14.3 Å². The van der Waals surface area contributed by atoms with E-state index in [4.69, 9.17) is 9.47 Å². The molecule has 7 heteroatoms. The van der Waals surface area contributed by atoms with Crippen molar-refractivity contribution < 1.29 is 19.1 Å². The van der Waals surface area contributed by atoms with E-state index in [9.17, 15) is 9.59 Å². The minimum Gasteiger partial charge on any atom is -0.465 e. The summed E-state index contributed by atoms with van der Waals surface area (Å²) < 4.78 is 10.3. The van der Waals surface area contributed by atoms with E-state index >= 15 is 0 Å². The minimum absolute atomic E-state index is 0.0588. The average Bonchev–Trinajstić information content (AvgIpc) is 2.69. The molecule has 1 aromatic carbocycles. The van der Waals surface area contributed by atoms with Crippen LogP contribution in [0.15, 0.2) is 18.2 Å². The SMILES string of the molecule is COC(=O)c1cc(N2CCOCC2)ccc1NC(=O)C1CCCNC1. The van der Waals surface area contributed by atoms with Gasteiger partial charge in [-0.05, 0) is 37.6 Å². The van der Waals surface area contributed by atoms with Crippen molar-refractivity contribution in [1.29, 1.82) is 0 Å². The number of ether oxygens (including phenoxy) is 2. The number of benzene rings is 1. The lowest BCUT2D eigenvalue weighted by atomic mass is 9.98. The summed E-state index contributed by atoms with van der Waals surface area (Å²) in [6.45, 7) is 4.51. The van der Waals surface area contributed by atoms with E-state index in [-0.39, 0.29) is 11.8 Å². The first-order valence-electron chi connectivity index (χ1n) is 8.75. The number of rotatable bonds is 4. The number of anilines is 2. The van der Waals surface area contributed by atoms with E-state index in [0.717, 1.165) is 38.2 Å². The van der Waals surface area contributed by atoms with Gasteiger partial charge in [0.15, 0.2) is 0 Å². The summed E-state index contributed by atoms with van der Waals surface area (Å²) >= 11 is 0. The maximum absolute atomic E-state index is 12.5. The highest BCUT2D eigenvalue weighted by Gasteiger charge is 2.23. The molecule has 7 nitrogen and oxygen atoms in total. The molecule has 1 amide bonds. The third-order valence-corrected chi connectivity index (χ3v) is 4.71. The summed E-state index contributed by atoms with van der Waals surface area (Å²) in [7, 11) is 1.35. The van der Waals surface area contributed by atoms with E-state index in [1.54, 1.807) is 12.1 Å². The standard InChI is InChI=1S/C18H25N3O4/c1-24-18(23)15-11-14(21-7-9-25-10-8-21)4-5-16(15)20-17(22)13-3-2-6-19-12-13/h4-5,11,13,19H,2-3,6-10,12H2,1H3,(H,20,22). The van der Waals surface area contributed by atoms with Crippen molar-refractivity contribution in [2.45, 2.75) is 12.8 Å². The number of hydrogen-bond donors (Lipinski definition) is 2. The van der Waals surface area contributed by atoms with Crippen LogP contribution in [0.3, 0.4) is 0 Å². The number of nitrogens with one attached hydrogen (secondary N) is 2. The fraction of sp³-hybridized carbons (Fsp3) is 0.556. The number of morpholine rings is 1. The molecule has 2 saturated heterocycles. The monoisotopic (exact) mass is 347 g/mol. The van der Waals surface area contributed by atoms with Gasteiger partial charge in [-0.3, -0.25) is 4.79 Å². The summed E-state index contributed by atoms with van der Waals surface area (Å²) in [4.78, 5) is 26.8. The van der Waals surface area contributed by atoms with Gasteiger partial charge >= 0.3 is 5.97 Å². The highest BCUT2D eigenvalue weighted by molar-refractivity contribution is 6.02. The van der Waals surface area contributed by atoms with Gasteiger partial charge in [0.1, 0.15) is 0 Å². The first kappa shape index (κ1) is 17.7. The summed E-state index contributed by atoms with van der Waals surface area (Å²) in [6, 6.07) is 5.49. The molecule has 0 bridgehead atoms. The smallest absolute Gasteiger partial charge is 0.340 e. The molecule has 2 N–H and O–H groups in total. The molecule has 136 valence electrons. The molecule has 0 spiro atoms. The summed E-state index contributed by atoms with van der Waals surface area (Å²) in [5.41, 5.74) is 1.81. The van der Waals surface area contributed by atoms with Crippen LogP contribution < -0.4 is 15.5 Å². The second-order valence-electron chi connectivity index (χ2n) is 6.35. The number of carbonyl (C=O) groups excluding carboxylic acids is 2. The van der Waals surface area contributed by atoms with Crippen LogP contribution in [0.4, 0.5) is 11.4 Å². The Morgan fingerprint density at radius 3 is 2.80 bits per heavy atom. The van der Waals surface area contributed by atoms with Crippen LogP contribution in [0.1, 0.15) is 23.2 Å². The average molecular weight is 347 g/mol. The number of amides is 1. The van der Waals surface area contributed by atoms with Crippen LogP contribution in [0.25, 0.3) is 0 Å². The lowest BCUT2D eigenvalue weighted by Crippen LogP contribution is -2.37. The molecule has 2 heterocycles. The Hall–Kier alpha value is -2.12. The molecule has 2 aliphatic heterocycles. The Balaban J connectivity index is 1.79. The van der Waals surface area contributed by atoms with Gasteiger partial charge < -0.3 is 25.0 Å². The van der Waals surface area contributed by atoms with Gasteiger partial charge in [-0.15, -0.1) is 0 Å². The van der Waals surface area contributed by atoms with Crippen LogP contribution in [0, 0.1) is 5.92 Å². The molecular formula is C18H25N3O4. The molecule has 0 aromatic heterocycles. The Morgan fingerprint density at radius 2 is 2.12 bits per heavy atom. The summed E-state index contributed by atoms with van der Waals surface area (Å²) in [5.74, 6) is -0.582. The molecule has 0 aliphatic carbocycles. The molecule has 2 fully saturated rings. The Morgan fingerprint density at radius 1 is 1.32 bits per heavy atom. The molecule has 0 radical (unpaired) electrons. The number of piperidine rings is 1. The lowest BCUT2D eigenvalue weighted by Gasteiger charge is -2.29.